The molecule has 0 bridgehead atoms. The molecule has 0 aliphatic carbocycles. The normalized spacial score (nSPS) is 13.3. The summed E-state index contributed by atoms with van der Waals surface area (Å²) in [6.45, 7) is 11.7. The molecule has 0 fully saturated rings. The van der Waals surface area contributed by atoms with E-state index in [4.69, 9.17) is 9.16 Å². The molecule has 1 unspecified atom stereocenters. The fourth-order valence-electron chi connectivity index (χ4n) is 7.46. The number of benzene rings is 3. The van der Waals surface area contributed by atoms with Crippen molar-refractivity contribution in [2.45, 2.75) is 71.8 Å². The molecule has 0 saturated carbocycles. The van der Waals surface area contributed by atoms with E-state index in [1.165, 1.54) is 4.57 Å². The van der Waals surface area contributed by atoms with E-state index in [9.17, 15) is 23.1 Å². The molecule has 8 nitrogen and oxygen atoms in total. The molecule has 6 aromatic rings. The lowest BCUT2D eigenvalue weighted by Crippen LogP contribution is -2.67. The highest BCUT2D eigenvalue weighted by Crippen LogP contribution is 2.44. The van der Waals surface area contributed by atoms with Crippen LogP contribution in [0.4, 0.5) is 13.2 Å². The highest BCUT2D eigenvalue weighted by molar-refractivity contribution is 7.09. The van der Waals surface area contributed by atoms with Gasteiger partial charge in [0.15, 0.2) is 0 Å². The third-order valence-corrected chi connectivity index (χ3v) is 15.7. The molecule has 0 saturated heterocycles. The molecule has 0 spiro atoms. The zero-order valence-corrected chi connectivity index (χ0v) is 33.8. The van der Waals surface area contributed by atoms with Gasteiger partial charge in [-0.2, -0.15) is 17.5 Å². The molecule has 13 heteroatoms. The predicted molar refractivity (Wildman–Crippen MR) is 214 cm³/mol. The van der Waals surface area contributed by atoms with Crippen LogP contribution in [0, 0.1) is 5.41 Å². The number of hydrogen-bond acceptors (Lipinski definition) is 7. The van der Waals surface area contributed by atoms with Crippen molar-refractivity contribution in [2.75, 3.05) is 13.7 Å². The van der Waals surface area contributed by atoms with Crippen LogP contribution in [0.3, 0.4) is 0 Å². The Morgan fingerprint density at radius 3 is 2.11 bits per heavy atom. The van der Waals surface area contributed by atoms with Crippen LogP contribution < -0.4 is 10.4 Å². The number of ether oxygens (including phenoxy) is 1. The van der Waals surface area contributed by atoms with Crippen molar-refractivity contribution in [3.63, 3.8) is 0 Å². The molecular weight excluding hydrogens is 742 g/mol. The maximum atomic E-state index is 14.6. The quantitative estimate of drug-likeness (QED) is 0.117. The van der Waals surface area contributed by atoms with Crippen LogP contribution >= 0.6 is 11.5 Å². The second-order valence-corrected chi connectivity index (χ2v) is 20.7. The minimum atomic E-state index is -4.55. The summed E-state index contributed by atoms with van der Waals surface area (Å²) >= 11 is 0.923. The molecule has 1 N–H and O–H groups in total. The van der Waals surface area contributed by atoms with Gasteiger partial charge in [0.2, 0.25) is 0 Å². The minimum Gasteiger partial charge on any atom is -0.475 e. The Balaban J connectivity index is 1.56. The number of halogens is 3. The summed E-state index contributed by atoms with van der Waals surface area (Å²) < 4.78 is 62.2. The number of fused-ring (bicyclic) bond motifs is 1. The summed E-state index contributed by atoms with van der Waals surface area (Å²) in [6, 6.07) is 29.2. The second kappa shape index (κ2) is 15.4. The maximum absolute atomic E-state index is 14.6. The van der Waals surface area contributed by atoms with Gasteiger partial charge in [0.1, 0.15) is 11.6 Å². The summed E-state index contributed by atoms with van der Waals surface area (Å²) in [7, 11) is -1.42. The first-order valence-corrected chi connectivity index (χ1v) is 20.7. The SMILES string of the molecule is COC(C)c1ncccc1-c1c(CC(C)(C)CO[Si](c2ccccc2)(c2ccccc2)C(C)(C)C)c2cc(-c3nc(C(=O)O)ns3)ccc2n1CC(F)(F)F. The zero-order chi connectivity index (χ0) is 39.8. The fourth-order valence-corrected chi connectivity index (χ4v) is 12.9. The van der Waals surface area contributed by atoms with Gasteiger partial charge in [-0.25, -0.2) is 9.78 Å². The van der Waals surface area contributed by atoms with Crippen LogP contribution in [-0.4, -0.2) is 58.2 Å². The monoisotopic (exact) mass is 786 g/mol. The fraction of sp³-hybridized carbons (Fsp3) is 0.333. The molecule has 1 atom stereocenters. The molecule has 288 valence electrons. The average molecular weight is 787 g/mol. The largest absolute Gasteiger partial charge is 0.475 e. The van der Waals surface area contributed by atoms with Crippen molar-refractivity contribution >= 4 is 47.1 Å². The molecule has 0 aliphatic rings. The molecule has 0 amide bonds. The number of rotatable bonds is 13. The number of methoxy groups -OCH3 is 1. The van der Waals surface area contributed by atoms with Crippen LogP contribution in [0.15, 0.2) is 97.2 Å². The van der Waals surface area contributed by atoms with Gasteiger partial charge in [-0.15, -0.1) is 0 Å². The van der Waals surface area contributed by atoms with E-state index < -0.39 is 38.5 Å². The number of carboxylic acids is 1. The lowest BCUT2D eigenvalue weighted by molar-refractivity contribution is -0.139. The Labute approximate surface area is 324 Å². The minimum absolute atomic E-state index is 0.286. The van der Waals surface area contributed by atoms with Crippen LogP contribution in [0.25, 0.3) is 32.7 Å². The summed E-state index contributed by atoms with van der Waals surface area (Å²) in [4.78, 5) is 20.4. The van der Waals surface area contributed by atoms with Gasteiger partial charge in [-0.05, 0) is 81.6 Å². The van der Waals surface area contributed by atoms with Crippen LogP contribution in [0.1, 0.15) is 69.5 Å². The Hall–Kier alpha value is -4.69. The Kier molecular flexibility index (Phi) is 11.2. The van der Waals surface area contributed by atoms with E-state index in [1.807, 2.05) is 43.3 Å². The van der Waals surface area contributed by atoms with Gasteiger partial charge in [0.05, 0.1) is 17.5 Å². The van der Waals surface area contributed by atoms with Crippen LogP contribution in [0.2, 0.25) is 5.04 Å². The lowest BCUT2D eigenvalue weighted by Gasteiger charge is -2.44. The summed E-state index contributed by atoms with van der Waals surface area (Å²) in [5.41, 5.74) is 2.42. The van der Waals surface area contributed by atoms with Gasteiger partial charge in [0, 0.05) is 41.9 Å². The van der Waals surface area contributed by atoms with Crippen molar-refractivity contribution in [3.8, 4) is 21.8 Å². The van der Waals surface area contributed by atoms with E-state index in [0.29, 0.717) is 57.0 Å². The van der Waals surface area contributed by atoms with Crippen molar-refractivity contribution in [1.82, 2.24) is 18.9 Å². The number of carbonyl (C=O) groups is 1. The number of nitrogens with zero attached hydrogens (tertiary/aromatic N) is 4. The standard InChI is InChI=1S/C42H45F3N4O4SSi/c1-27(52-7)35-31(19-14-22-46-35)36-33(32-23-28(38-47-37(39(50)51)48-54-38)20-21-34(32)49(36)25-42(43,44)45)24-41(5,6)26-53-55(40(2,3)4,29-15-10-8-11-16-29)30-17-12-9-13-18-30/h8-23,27H,24-26H2,1-7H3,(H,50,51). The number of aromatic carboxylic acids is 1. The first kappa shape index (κ1) is 40.0. The Morgan fingerprint density at radius 1 is 0.927 bits per heavy atom. The highest BCUT2D eigenvalue weighted by atomic mass is 32.1. The highest BCUT2D eigenvalue weighted by Gasteiger charge is 2.51. The van der Waals surface area contributed by atoms with E-state index in [1.54, 1.807) is 43.6 Å². The summed E-state index contributed by atoms with van der Waals surface area (Å²) in [6.07, 6.45) is -3.12. The van der Waals surface area contributed by atoms with E-state index in [0.717, 1.165) is 21.9 Å². The van der Waals surface area contributed by atoms with Crippen LogP contribution in [-0.2, 0) is 22.1 Å². The first-order chi connectivity index (χ1) is 26.0. The average Bonchev–Trinajstić information content (AvgIpc) is 3.75. The number of carboxylic acid groups (broad SMARTS) is 1. The summed E-state index contributed by atoms with van der Waals surface area (Å²) in [5.74, 6) is -1.60. The first-order valence-electron chi connectivity index (χ1n) is 18.0. The van der Waals surface area contributed by atoms with Gasteiger partial charge in [-0.3, -0.25) is 4.98 Å². The lowest BCUT2D eigenvalue weighted by atomic mass is 9.84. The molecule has 6 rings (SSSR count). The number of pyridine rings is 1. The number of aromatic nitrogens is 4. The van der Waals surface area contributed by atoms with Crippen molar-refractivity contribution in [2.24, 2.45) is 5.41 Å². The second-order valence-electron chi connectivity index (χ2n) is 15.6. The van der Waals surface area contributed by atoms with E-state index in [2.05, 4.69) is 73.2 Å². The Bertz CT molecular complexity index is 2250. The van der Waals surface area contributed by atoms with Crippen molar-refractivity contribution in [1.29, 1.82) is 0 Å². The molecule has 0 radical (unpaired) electrons. The number of hydrogen-bond donors (Lipinski definition) is 1. The zero-order valence-electron chi connectivity index (χ0n) is 31.9. The molecule has 3 aromatic heterocycles. The van der Waals surface area contributed by atoms with E-state index in [-0.39, 0.29) is 10.9 Å². The number of alkyl halides is 3. The topological polar surface area (TPSA) is 99.4 Å². The third kappa shape index (κ3) is 8.16. The predicted octanol–water partition coefficient (Wildman–Crippen LogP) is 9.34. The third-order valence-electron chi connectivity index (χ3n) is 9.95. The molecular formula is C42H45F3N4O4SSi. The van der Waals surface area contributed by atoms with Gasteiger partial charge in [-0.1, -0.05) is 95.3 Å². The molecule has 0 aliphatic heterocycles. The molecule has 3 aromatic carbocycles. The smallest absolute Gasteiger partial charge is 0.406 e. The van der Waals surface area contributed by atoms with Gasteiger partial charge < -0.3 is 18.8 Å². The Morgan fingerprint density at radius 2 is 1.56 bits per heavy atom. The molecule has 3 heterocycles. The van der Waals surface area contributed by atoms with Crippen LogP contribution in [0.5, 0.6) is 0 Å². The maximum Gasteiger partial charge on any atom is 0.406 e. The van der Waals surface area contributed by atoms with Crippen molar-refractivity contribution in [3.05, 3.63) is 114 Å². The van der Waals surface area contributed by atoms with E-state index >= 15 is 0 Å². The van der Waals surface area contributed by atoms with Gasteiger partial charge in [0.25, 0.3) is 14.1 Å². The van der Waals surface area contributed by atoms with Crippen molar-refractivity contribution < 1.29 is 32.2 Å². The molecule has 55 heavy (non-hydrogen) atoms. The van der Waals surface area contributed by atoms with Gasteiger partial charge >= 0.3 is 12.1 Å². The summed E-state index contributed by atoms with van der Waals surface area (Å²) in [5, 5.41) is 12.4.